The molecule has 0 saturated heterocycles. The van der Waals surface area contributed by atoms with Crippen LogP contribution < -0.4 is 0 Å². The van der Waals surface area contributed by atoms with Crippen LogP contribution in [0.25, 0.3) is 11.1 Å². The van der Waals surface area contributed by atoms with Crippen LogP contribution in [-0.4, -0.2) is 16.7 Å². The van der Waals surface area contributed by atoms with Gasteiger partial charge in [-0.2, -0.15) is 0 Å². The van der Waals surface area contributed by atoms with Gasteiger partial charge in [-0.1, -0.05) is 70.9 Å². The maximum atomic E-state index is 9.76. The molecule has 0 aliphatic heterocycles. The van der Waals surface area contributed by atoms with Gasteiger partial charge < -0.3 is 5.11 Å². The van der Waals surface area contributed by atoms with Crippen molar-refractivity contribution in [1.29, 1.82) is 0 Å². The smallest absolute Gasteiger partial charge is 0.0472 e. The van der Waals surface area contributed by atoms with E-state index in [4.69, 9.17) is 4.98 Å². The number of aromatic nitrogens is 1. The number of aliphatic hydroxyl groups excluding tert-OH is 1. The van der Waals surface area contributed by atoms with Crippen molar-refractivity contribution in [2.45, 2.75) is 79.1 Å². The highest BCUT2D eigenvalue weighted by molar-refractivity contribution is 5.73. The van der Waals surface area contributed by atoms with Crippen LogP contribution in [0.1, 0.15) is 87.4 Å². The number of aliphatic hydroxyl groups is 1. The molecule has 1 N–H and O–H groups in total. The zero-order valence-corrected chi connectivity index (χ0v) is 17.4. The maximum absolute atomic E-state index is 9.76. The van der Waals surface area contributed by atoms with Crippen LogP contribution in [0.5, 0.6) is 0 Å². The standard InChI is InChI=1S/C24H35NO/c1-7-8-9-20-22(19-12-10-18(6)11-13-19)21(14-15-26)24(17(4)5)25-23(20)16(2)3/h10-13,16-17,26H,7-9,14-15H2,1-6H3. The van der Waals surface area contributed by atoms with Gasteiger partial charge in [0.05, 0.1) is 0 Å². The molecule has 0 atom stereocenters. The van der Waals surface area contributed by atoms with Crippen LogP contribution in [0.4, 0.5) is 0 Å². The lowest BCUT2D eigenvalue weighted by atomic mass is 9.84. The highest BCUT2D eigenvalue weighted by Crippen LogP contribution is 2.37. The molecule has 0 spiro atoms. The molecule has 26 heavy (non-hydrogen) atoms. The van der Waals surface area contributed by atoms with E-state index in [1.807, 2.05) is 0 Å². The molecule has 2 heteroatoms. The molecule has 2 aromatic rings. The Morgan fingerprint density at radius 2 is 1.42 bits per heavy atom. The Hall–Kier alpha value is -1.67. The second-order valence-corrected chi connectivity index (χ2v) is 7.97. The van der Waals surface area contributed by atoms with E-state index >= 15 is 0 Å². The third kappa shape index (κ3) is 4.54. The van der Waals surface area contributed by atoms with Gasteiger partial charge in [0.25, 0.3) is 0 Å². The van der Waals surface area contributed by atoms with Gasteiger partial charge in [0.15, 0.2) is 0 Å². The quantitative estimate of drug-likeness (QED) is 0.614. The van der Waals surface area contributed by atoms with Gasteiger partial charge in [0, 0.05) is 18.0 Å². The van der Waals surface area contributed by atoms with Gasteiger partial charge in [-0.25, -0.2) is 0 Å². The Labute approximate surface area is 159 Å². The lowest BCUT2D eigenvalue weighted by Gasteiger charge is -2.25. The number of aryl methyl sites for hydroxylation is 1. The number of hydrogen-bond donors (Lipinski definition) is 1. The van der Waals surface area contributed by atoms with Crippen molar-refractivity contribution in [1.82, 2.24) is 4.98 Å². The van der Waals surface area contributed by atoms with E-state index in [-0.39, 0.29) is 6.61 Å². The Morgan fingerprint density at radius 3 is 1.88 bits per heavy atom. The molecule has 0 bridgehead atoms. The molecule has 2 rings (SSSR count). The highest BCUT2D eigenvalue weighted by atomic mass is 16.2. The third-order valence-corrected chi connectivity index (χ3v) is 5.04. The lowest BCUT2D eigenvalue weighted by Crippen LogP contribution is -2.13. The van der Waals surface area contributed by atoms with Crippen LogP contribution in [0.15, 0.2) is 24.3 Å². The molecule has 0 fully saturated rings. The van der Waals surface area contributed by atoms with E-state index in [9.17, 15) is 5.11 Å². The molecule has 0 aliphatic rings. The minimum atomic E-state index is 0.161. The Morgan fingerprint density at radius 1 is 0.885 bits per heavy atom. The minimum Gasteiger partial charge on any atom is -0.396 e. The largest absolute Gasteiger partial charge is 0.396 e. The average Bonchev–Trinajstić information content (AvgIpc) is 2.60. The third-order valence-electron chi connectivity index (χ3n) is 5.04. The van der Waals surface area contributed by atoms with E-state index in [2.05, 4.69) is 65.8 Å². The zero-order chi connectivity index (χ0) is 19.3. The van der Waals surface area contributed by atoms with E-state index in [0.29, 0.717) is 18.3 Å². The average molecular weight is 354 g/mol. The van der Waals surface area contributed by atoms with Gasteiger partial charge in [0.1, 0.15) is 0 Å². The number of benzene rings is 1. The maximum Gasteiger partial charge on any atom is 0.0472 e. The Kier molecular flexibility index (Phi) is 7.40. The lowest BCUT2D eigenvalue weighted by molar-refractivity contribution is 0.299. The summed E-state index contributed by atoms with van der Waals surface area (Å²) in [7, 11) is 0. The van der Waals surface area contributed by atoms with Crippen molar-refractivity contribution in [2.75, 3.05) is 6.61 Å². The first-order chi connectivity index (χ1) is 12.4. The first-order valence-electron chi connectivity index (χ1n) is 10.1. The first kappa shape index (κ1) is 20.6. The molecule has 0 saturated carbocycles. The van der Waals surface area contributed by atoms with Gasteiger partial charge in [0.2, 0.25) is 0 Å². The molecule has 142 valence electrons. The molecular formula is C24H35NO. The number of hydrogen-bond acceptors (Lipinski definition) is 2. The molecule has 2 nitrogen and oxygen atoms in total. The number of pyridine rings is 1. The fourth-order valence-corrected chi connectivity index (χ4v) is 3.70. The van der Waals surface area contributed by atoms with Crippen molar-refractivity contribution in [3.63, 3.8) is 0 Å². The van der Waals surface area contributed by atoms with Crippen LogP contribution in [0.3, 0.4) is 0 Å². The van der Waals surface area contributed by atoms with Crippen LogP contribution >= 0.6 is 0 Å². The highest BCUT2D eigenvalue weighted by Gasteiger charge is 2.23. The minimum absolute atomic E-state index is 0.161. The second-order valence-electron chi connectivity index (χ2n) is 7.97. The molecule has 1 aromatic heterocycles. The fraction of sp³-hybridized carbons (Fsp3) is 0.542. The van der Waals surface area contributed by atoms with Crippen LogP contribution in [0.2, 0.25) is 0 Å². The van der Waals surface area contributed by atoms with Crippen LogP contribution in [-0.2, 0) is 12.8 Å². The van der Waals surface area contributed by atoms with Crippen molar-refractivity contribution < 1.29 is 5.11 Å². The molecule has 1 heterocycles. The summed E-state index contributed by atoms with van der Waals surface area (Å²) < 4.78 is 0. The predicted molar refractivity (Wildman–Crippen MR) is 112 cm³/mol. The molecular weight excluding hydrogens is 318 g/mol. The summed E-state index contributed by atoms with van der Waals surface area (Å²) in [4.78, 5) is 5.14. The van der Waals surface area contributed by atoms with Gasteiger partial charge in [-0.05, 0) is 60.3 Å². The summed E-state index contributed by atoms with van der Waals surface area (Å²) in [5.41, 5.74) is 8.87. The van der Waals surface area contributed by atoms with Crippen molar-refractivity contribution in [3.8, 4) is 11.1 Å². The topological polar surface area (TPSA) is 33.1 Å². The summed E-state index contributed by atoms with van der Waals surface area (Å²) in [6, 6.07) is 8.84. The Bertz CT molecular complexity index is 714. The van der Waals surface area contributed by atoms with Gasteiger partial charge in [-0.15, -0.1) is 0 Å². The van der Waals surface area contributed by atoms with E-state index in [1.165, 1.54) is 46.4 Å². The SMILES string of the molecule is CCCCc1c(C(C)C)nc(C(C)C)c(CCO)c1-c1ccc(C)cc1. The van der Waals surface area contributed by atoms with Crippen LogP contribution in [0, 0.1) is 6.92 Å². The number of unbranched alkanes of at least 4 members (excludes halogenated alkanes) is 1. The zero-order valence-electron chi connectivity index (χ0n) is 17.4. The van der Waals surface area contributed by atoms with Crippen molar-refractivity contribution >= 4 is 0 Å². The summed E-state index contributed by atoms with van der Waals surface area (Å²) in [5.74, 6) is 0.741. The molecule has 1 aromatic carbocycles. The van der Waals surface area contributed by atoms with Gasteiger partial charge >= 0.3 is 0 Å². The first-order valence-corrected chi connectivity index (χ1v) is 10.1. The monoisotopic (exact) mass is 353 g/mol. The summed E-state index contributed by atoms with van der Waals surface area (Å²) in [5, 5.41) is 9.76. The van der Waals surface area contributed by atoms with E-state index in [1.54, 1.807) is 0 Å². The number of rotatable bonds is 8. The van der Waals surface area contributed by atoms with Crippen molar-refractivity contribution in [3.05, 3.63) is 52.3 Å². The number of nitrogens with zero attached hydrogens (tertiary/aromatic N) is 1. The predicted octanol–water partition coefficient (Wildman–Crippen LogP) is 6.18. The molecule has 0 radical (unpaired) electrons. The van der Waals surface area contributed by atoms with E-state index in [0.717, 1.165) is 12.1 Å². The molecule has 0 aliphatic carbocycles. The Balaban J connectivity index is 2.84. The second kappa shape index (κ2) is 9.32. The van der Waals surface area contributed by atoms with Crippen molar-refractivity contribution in [2.24, 2.45) is 0 Å². The molecule has 0 amide bonds. The summed E-state index contributed by atoms with van der Waals surface area (Å²) >= 11 is 0. The summed E-state index contributed by atoms with van der Waals surface area (Å²) in [6.07, 6.45) is 4.06. The fourth-order valence-electron chi connectivity index (χ4n) is 3.70. The van der Waals surface area contributed by atoms with Gasteiger partial charge in [-0.3, -0.25) is 4.98 Å². The normalized spacial score (nSPS) is 11.6. The molecule has 0 unspecified atom stereocenters. The van der Waals surface area contributed by atoms with E-state index < -0.39 is 0 Å². The summed E-state index contributed by atoms with van der Waals surface area (Å²) in [6.45, 7) is 13.4.